The Morgan fingerprint density at radius 3 is 3.00 bits per heavy atom. The molecule has 7 nitrogen and oxygen atoms in total. The number of carboxylic acid groups (broad SMARTS) is 1. The van der Waals surface area contributed by atoms with Crippen molar-refractivity contribution in [2.45, 2.75) is 18.6 Å². The zero-order valence-corrected chi connectivity index (χ0v) is 10.9. The van der Waals surface area contributed by atoms with Crippen LogP contribution in [0.2, 0.25) is 0 Å². The minimum atomic E-state index is -1.29. The number of fused-ring (bicyclic) bond motifs is 1. The Morgan fingerprint density at radius 1 is 1.60 bits per heavy atom. The first-order valence-electron chi connectivity index (χ1n) is 6.51. The number of rotatable bonds is 4. The SMILES string of the molecule is CCOC(=O)CN1C[C@]23C=C[C@@H](O2)[C@H](C(=O)[O-])[C@@H]3C1=O. The van der Waals surface area contributed by atoms with E-state index in [1.54, 1.807) is 19.1 Å². The molecule has 20 heavy (non-hydrogen) atoms. The third-order valence-corrected chi connectivity index (χ3v) is 4.08. The summed E-state index contributed by atoms with van der Waals surface area (Å²) in [5, 5.41) is 11.2. The van der Waals surface area contributed by atoms with Gasteiger partial charge in [0, 0.05) is 11.9 Å². The van der Waals surface area contributed by atoms with Crippen LogP contribution in [0.25, 0.3) is 0 Å². The normalized spacial score (nSPS) is 37.4. The van der Waals surface area contributed by atoms with Crippen molar-refractivity contribution in [2.24, 2.45) is 11.8 Å². The average molecular weight is 280 g/mol. The summed E-state index contributed by atoms with van der Waals surface area (Å²) in [7, 11) is 0. The first kappa shape index (κ1) is 13.1. The number of likely N-dealkylation sites (tertiary alicyclic amines) is 1. The molecule has 0 aromatic rings. The number of carboxylic acids is 1. The highest BCUT2D eigenvalue weighted by atomic mass is 16.5. The molecule has 2 saturated heterocycles. The molecule has 0 aliphatic carbocycles. The fraction of sp³-hybridized carbons (Fsp3) is 0.615. The van der Waals surface area contributed by atoms with E-state index in [4.69, 9.17) is 9.47 Å². The number of hydrogen-bond donors (Lipinski definition) is 0. The van der Waals surface area contributed by atoms with Crippen molar-refractivity contribution in [1.82, 2.24) is 4.90 Å². The molecule has 3 aliphatic rings. The second-order valence-corrected chi connectivity index (χ2v) is 5.22. The van der Waals surface area contributed by atoms with Crippen molar-refractivity contribution < 1.29 is 29.0 Å². The Bertz CT molecular complexity index is 515. The van der Waals surface area contributed by atoms with Gasteiger partial charge in [0.2, 0.25) is 5.91 Å². The van der Waals surface area contributed by atoms with E-state index in [2.05, 4.69) is 0 Å². The molecule has 1 amide bonds. The molecule has 7 heteroatoms. The second-order valence-electron chi connectivity index (χ2n) is 5.22. The quantitative estimate of drug-likeness (QED) is 0.440. The van der Waals surface area contributed by atoms with Crippen molar-refractivity contribution in [3.63, 3.8) is 0 Å². The predicted octanol–water partition coefficient (Wildman–Crippen LogP) is -1.92. The highest BCUT2D eigenvalue weighted by molar-refractivity contribution is 5.92. The Hall–Kier alpha value is -1.89. The van der Waals surface area contributed by atoms with E-state index in [9.17, 15) is 19.5 Å². The van der Waals surface area contributed by atoms with E-state index in [1.807, 2.05) is 0 Å². The Morgan fingerprint density at radius 2 is 2.35 bits per heavy atom. The molecule has 0 aromatic carbocycles. The summed E-state index contributed by atoms with van der Waals surface area (Å²) < 4.78 is 10.5. The molecule has 2 fully saturated rings. The lowest BCUT2D eigenvalue weighted by Gasteiger charge is -2.24. The van der Waals surface area contributed by atoms with Crippen LogP contribution in [0.1, 0.15) is 6.92 Å². The van der Waals surface area contributed by atoms with Crippen molar-refractivity contribution in [3.8, 4) is 0 Å². The minimum Gasteiger partial charge on any atom is -0.550 e. The molecular weight excluding hydrogens is 266 g/mol. The van der Waals surface area contributed by atoms with Gasteiger partial charge in [-0.1, -0.05) is 12.2 Å². The van der Waals surface area contributed by atoms with Crippen LogP contribution in [-0.2, 0) is 23.9 Å². The molecule has 2 bridgehead atoms. The van der Waals surface area contributed by atoms with Gasteiger partial charge in [-0.2, -0.15) is 0 Å². The van der Waals surface area contributed by atoms with Crippen LogP contribution >= 0.6 is 0 Å². The summed E-state index contributed by atoms with van der Waals surface area (Å²) in [6, 6.07) is 0. The Balaban J connectivity index is 1.82. The zero-order chi connectivity index (χ0) is 14.5. The second kappa shape index (κ2) is 4.31. The van der Waals surface area contributed by atoms with E-state index >= 15 is 0 Å². The first-order chi connectivity index (χ1) is 9.48. The maximum atomic E-state index is 12.3. The Labute approximate surface area is 115 Å². The summed E-state index contributed by atoms with van der Waals surface area (Å²) >= 11 is 0. The van der Waals surface area contributed by atoms with Crippen molar-refractivity contribution in [2.75, 3.05) is 19.7 Å². The largest absolute Gasteiger partial charge is 0.550 e. The fourth-order valence-electron chi connectivity index (χ4n) is 3.34. The van der Waals surface area contributed by atoms with Crippen LogP contribution in [0.3, 0.4) is 0 Å². The van der Waals surface area contributed by atoms with E-state index in [1.165, 1.54) is 4.90 Å². The van der Waals surface area contributed by atoms with Crippen LogP contribution in [-0.4, -0.2) is 54.1 Å². The topological polar surface area (TPSA) is 96.0 Å². The van der Waals surface area contributed by atoms with Crippen molar-refractivity contribution >= 4 is 17.8 Å². The van der Waals surface area contributed by atoms with E-state index in [0.717, 1.165) is 0 Å². The first-order valence-corrected chi connectivity index (χ1v) is 6.51. The third kappa shape index (κ3) is 1.66. The van der Waals surface area contributed by atoms with Gasteiger partial charge < -0.3 is 24.3 Å². The van der Waals surface area contributed by atoms with Crippen LogP contribution < -0.4 is 5.11 Å². The number of esters is 1. The lowest BCUT2D eigenvalue weighted by atomic mass is 9.77. The van der Waals surface area contributed by atoms with Gasteiger partial charge in [0.05, 0.1) is 25.2 Å². The highest BCUT2D eigenvalue weighted by Gasteiger charge is 2.65. The molecule has 0 unspecified atom stereocenters. The molecule has 0 aromatic heterocycles. The van der Waals surface area contributed by atoms with Gasteiger partial charge in [0.1, 0.15) is 12.1 Å². The molecule has 3 rings (SSSR count). The zero-order valence-electron chi connectivity index (χ0n) is 10.9. The molecule has 0 radical (unpaired) electrons. The minimum absolute atomic E-state index is 0.173. The number of ether oxygens (including phenoxy) is 2. The summed E-state index contributed by atoms with van der Waals surface area (Å²) in [6.45, 7) is 1.89. The number of hydrogen-bond acceptors (Lipinski definition) is 6. The van der Waals surface area contributed by atoms with Crippen molar-refractivity contribution in [1.29, 1.82) is 0 Å². The molecule has 0 N–H and O–H groups in total. The van der Waals surface area contributed by atoms with E-state index in [-0.39, 0.29) is 25.6 Å². The van der Waals surface area contributed by atoms with Gasteiger partial charge in [-0.3, -0.25) is 9.59 Å². The van der Waals surface area contributed by atoms with Gasteiger partial charge in [-0.05, 0) is 6.92 Å². The van der Waals surface area contributed by atoms with Crippen LogP contribution in [0.4, 0.5) is 0 Å². The van der Waals surface area contributed by atoms with Gasteiger partial charge in [0.15, 0.2) is 0 Å². The van der Waals surface area contributed by atoms with Gasteiger partial charge in [0.25, 0.3) is 0 Å². The van der Waals surface area contributed by atoms with Gasteiger partial charge in [-0.15, -0.1) is 0 Å². The molecule has 0 saturated carbocycles. The van der Waals surface area contributed by atoms with E-state index < -0.39 is 35.5 Å². The summed E-state index contributed by atoms with van der Waals surface area (Å²) in [4.78, 5) is 36.3. The molecular formula is C13H14NO6-. The summed E-state index contributed by atoms with van der Waals surface area (Å²) in [6.07, 6.45) is 2.77. The molecule has 4 atom stereocenters. The number of aliphatic carboxylic acids is 1. The molecule has 108 valence electrons. The maximum Gasteiger partial charge on any atom is 0.325 e. The number of carbonyl (C=O) groups is 3. The number of nitrogens with zero attached hydrogens (tertiary/aromatic N) is 1. The molecule has 1 spiro atoms. The van der Waals surface area contributed by atoms with Gasteiger partial charge >= 0.3 is 5.97 Å². The Kier molecular flexibility index (Phi) is 2.82. The predicted molar refractivity (Wildman–Crippen MR) is 61.9 cm³/mol. The lowest BCUT2D eigenvalue weighted by Crippen LogP contribution is -2.45. The molecule has 3 heterocycles. The number of amides is 1. The third-order valence-electron chi connectivity index (χ3n) is 4.08. The smallest absolute Gasteiger partial charge is 0.325 e. The van der Waals surface area contributed by atoms with Crippen molar-refractivity contribution in [3.05, 3.63) is 12.2 Å². The monoisotopic (exact) mass is 280 g/mol. The fourth-order valence-corrected chi connectivity index (χ4v) is 3.34. The highest BCUT2D eigenvalue weighted by Crippen LogP contribution is 2.51. The van der Waals surface area contributed by atoms with Gasteiger partial charge in [-0.25, -0.2) is 0 Å². The molecule has 3 aliphatic heterocycles. The van der Waals surface area contributed by atoms with Crippen LogP contribution in [0.15, 0.2) is 12.2 Å². The van der Waals surface area contributed by atoms with Crippen LogP contribution in [0, 0.1) is 11.8 Å². The van der Waals surface area contributed by atoms with E-state index in [0.29, 0.717) is 0 Å². The van der Waals surface area contributed by atoms with Crippen LogP contribution in [0.5, 0.6) is 0 Å². The average Bonchev–Trinajstić information content (AvgIpc) is 2.99. The summed E-state index contributed by atoms with van der Waals surface area (Å²) in [5.41, 5.74) is -0.932. The maximum absolute atomic E-state index is 12.3. The standard InChI is InChI=1S/C13H15NO6/c1-2-19-8(15)5-14-6-13-4-3-7(20-13)9(12(17)18)10(13)11(14)16/h3-4,7,9-10H,2,5-6H2,1H3,(H,17,18)/p-1/t7-,9+,10-,13+/m1/s1. The number of carbonyl (C=O) groups excluding carboxylic acids is 3. The lowest BCUT2D eigenvalue weighted by molar-refractivity contribution is -0.313. The summed E-state index contributed by atoms with van der Waals surface area (Å²) in [5.74, 6) is -3.99.